The van der Waals surface area contributed by atoms with Crippen molar-refractivity contribution in [3.63, 3.8) is 0 Å². The molecule has 13 nitrogen and oxygen atoms in total. The summed E-state index contributed by atoms with van der Waals surface area (Å²) in [7, 11) is 3.62. The molecule has 3 aliphatic heterocycles. The van der Waals surface area contributed by atoms with Gasteiger partial charge in [-0.1, -0.05) is 91.1 Å². The molecule has 2 amide bonds. The quantitative estimate of drug-likeness (QED) is 0.148. The van der Waals surface area contributed by atoms with Gasteiger partial charge in [0, 0.05) is 15.5 Å². The molecule has 3 heterocycles. The van der Waals surface area contributed by atoms with Crippen LogP contribution in [-0.4, -0.2) is 91.1 Å². The van der Waals surface area contributed by atoms with Crippen molar-refractivity contribution in [3.05, 3.63) is 105 Å². The highest BCUT2D eigenvalue weighted by molar-refractivity contribution is 9.10. The lowest BCUT2D eigenvalue weighted by Crippen LogP contribution is -2.48. The lowest BCUT2D eigenvalue weighted by atomic mass is 9.75. The highest BCUT2D eigenvalue weighted by Gasteiger charge is 2.59. The number of likely N-dealkylation sites (tertiary alicyclic amines) is 2. The molecule has 0 aromatic heterocycles. The second-order valence-electron chi connectivity index (χ2n) is 18.2. The molecule has 4 fully saturated rings. The summed E-state index contributed by atoms with van der Waals surface area (Å²) in [6.45, 7) is 6.30. The molecular weight excluding hydrogens is 925 g/mol. The maximum atomic E-state index is 15.9. The van der Waals surface area contributed by atoms with Crippen LogP contribution >= 0.6 is 27.5 Å². The van der Waals surface area contributed by atoms with Gasteiger partial charge >= 0.3 is 23.9 Å². The summed E-state index contributed by atoms with van der Waals surface area (Å²) < 4.78 is 38.1. The van der Waals surface area contributed by atoms with Crippen molar-refractivity contribution in [1.29, 1.82) is 0 Å². The molecule has 16 heteroatoms. The van der Waals surface area contributed by atoms with Gasteiger partial charge in [0.25, 0.3) is 0 Å². The van der Waals surface area contributed by atoms with Gasteiger partial charge in [0.2, 0.25) is 11.8 Å². The summed E-state index contributed by atoms with van der Waals surface area (Å²) in [5.41, 5.74) is 1.34. The third kappa shape index (κ3) is 9.83. The van der Waals surface area contributed by atoms with E-state index in [0.29, 0.717) is 23.5 Å². The first-order valence-corrected chi connectivity index (χ1v) is 23.3. The molecule has 3 aromatic rings. The molecule has 3 saturated heterocycles. The zero-order valence-electron chi connectivity index (χ0n) is 37.3. The van der Waals surface area contributed by atoms with Gasteiger partial charge in [-0.05, 0) is 103 Å². The average molecular weight is 981 g/mol. The van der Waals surface area contributed by atoms with Crippen LogP contribution in [-0.2, 0) is 47.7 Å². The van der Waals surface area contributed by atoms with Gasteiger partial charge in [-0.25, -0.2) is 14.0 Å². The molecule has 12 atom stereocenters. The maximum Gasteiger partial charge on any atom is 0.328 e. The lowest BCUT2D eigenvalue weighted by Gasteiger charge is -2.38. The molecule has 4 aliphatic rings. The van der Waals surface area contributed by atoms with Crippen molar-refractivity contribution in [2.24, 2.45) is 35.5 Å². The highest BCUT2D eigenvalue weighted by Crippen LogP contribution is 2.51. The Kier molecular flexibility index (Phi) is 15.0. The molecule has 65 heavy (non-hydrogen) atoms. The van der Waals surface area contributed by atoms with E-state index >= 15 is 14.0 Å². The lowest BCUT2D eigenvalue weighted by molar-refractivity contribution is -0.162. The molecular formula is C49H56BrClFN3O10. The van der Waals surface area contributed by atoms with Crippen molar-refractivity contribution in [1.82, 2.24) is 15.1 Å². The van der Waals surface area contributed by atoms with E-state index in [1.807, 2.05) is 18.2 Å². The smallest absolute Gasteiger partial charge is 0.328 e. The van der Waals surface area contributed by atoms with E-state index < -0.39 is 102 Å². The Labute approximate surface area is 392 Å². The summed E-state index contributed by atoms with van der Waals surface area (Å²) in [6, 6.07) is 12.7. The van der Waals surface area contributed by atoms with Crippen molar-refractivity contribution in [2.45, 2.75) is 102 Å². The van der Waals surface area contributed by atoms with Crippen LogP contribution in [0.1, 0.15) is 94.1 Å². The number of carbonyl (C=O) groups is 6. The Morgan fingerprint density at radius 1 is 0.692 bits per heavy atom. The summed E-state index contributed by atoms with van der Waals surface area (Å²) in [6.07, 6.45) is 1.64. The number of carbonyl (C=O) groups excluding carboxylic acids is 6. The van der Waals surface area contributed by atoms with Crippen LogP contribution in [0.3, 0.4) is 0 Å². The Morgan fingerprint density at radius 3 is 1.86 bits per heavy atom. The normalized spacial score (nSPS) is 29.9. The fraction of sp³-hybridized carbons (Fsp3) is 0.510. The molecule has 1 aliphatic carbocycles. The van der Waals surface area contributed by atoms with E-state index in [9.17, 15) is 19.2 Å². The predicted molar refractivity (Wildman–Crippen MR) is 240 cm³/mol. The monoisotopic (exact) mass is 979 g/mol. The number of halogens is 3. The first-order valence-electron chi connectivity index (χ1n) is 22.2. The highest BCUT2D eigenvalue weighted by atomic mass is 79.9. The zero-order valence-corrected chi connectivity index (χ0v) is 39.6. The number of hydrogen-bond acceptors (Lipinski definition) is 11. The molecule has 1 N–H and O–H groups in total. The first-order chi connectivity index (χ1) is 31.1. The largest absolute Gasteiger partial charge is 0.468 e. The minimum atomic E-state index is -1.34. The molecule has 3 aromatic carbocycles. The number of hydrogen-bond donors (Lipinski definition) is 1. The number of methoxy groups -OCH3 is 3. The van der Waals surface area contributed by atoms with E-state index in [2.05, 4.69) is 42.0 Å². The van der Waals surface area contributed by atoms with Crippen molar-refractivity contribution < 1.29 is 52.1 Å². The summed E-state index contributed by atoms with van der Waals surface area (Å²) in [4.78, 5) is 89.7. The molecule has 0 unspecified atom stereocenters. The number of nitrogens with one attached hydrogen (secondary N) is 1. The Balaban J connectivity index is 1.34. The number of amides is 2. The number of ether oxygens (including phenoxy) is 4. The van der Waals surface area contributed by atoms with Crippen LogP contribution in [0.25, 0.3) is 0 Å². The molecule has 0 spiro atoms. The van der Waals surface area contributed by atoms with Crippen LogP contribution in [0.4, 0.5) is 4.39 Å². The van der Waals surface area contributed by atoms with E-state index in [1.165, 1.54) is 49.3 Å². The van der Waals surface area contributed by atoms with Gasteiger partial charge in [-0.15, -0.1) is 0 Å². The fourth-order valence-corrected chi connectivity index (χ4v) is 11.5. The van der Waals surface area contributed by atoms with Crippen LogP contribution in [0.2, 0.25) is 5.02 Å². The van der Waals surface area contributed by atoms with E-state index in [0.717, 1.165) is 17.3 Å². The molecule has 0 bridgehead atoms. The first kappa shape index (κ1) is 48.1. The minimum absolute atomic E-state index is 0.00657. The van der Waals surface area contributed by atoms with Gasteiger partial charge < -0.3 is 28.7 Å². The van der Waals surface area contributed by atoms with Crippen molar-refractivity contribution in [2.75, 3.05) is 21.3 Å². The average Bonchev–Trinajstić information content (AvgIpc) is 4.03. The zero-order chi connectivity index (χ0) is 46.9. The Hall–Kier alpha value is -4.86. The summed E-state index contributed by atoms with van der Waals surface area (Å²) in [5, 5.41) is 3.55. The third-order valence-corrected chi connectivity index (χ3v) is 14.7. The van der Waals surface area contributed by atoms with Gasteiger partial charge in [-0.2, -0.15) is 0 Å². The second kappa shape index (κ2) is 20.3. The standard InChI is InChI=1S/C49H56BrClFN3O10/c1-25(2)33-17-16-26(3)18-40(33)65-46(58)36-24-39(49(61)64-6)55(43(36)29-12-9-15-32(52)21-29)45(57)35-23-38(48(60)63-5)54(42(35)28-11-8-14-31(51)20-28)44(56)34-22-37(47(59)62-4)53-41(34)27-10-7-13-30(50)19-27/h7-15,19-21,25-26,33-43,53H,16-18,22-24H2,1-6H3/t26-,33+,34+,35-,36+,37+,38-,39+,40-,41+,42-,43+/m1/s1. The number of nitrogens with zero attached hydrogens (tertiary/aromatic N) is 2. The molecule has 7 rings (SSSR count). The third-order valence-electron chi connectivity index (χ3n) is 14.0. The maximum absolute atomic E-state index is 15.9. The van der Waals surface area contributed by atoms with Crippen molar-refractivity contribution >= 4 is 63.2 Å². The number of benzene rings is 3. The second-order valence-corrected chi connectivity index (χ2v) is 19.5. The topological polar surface area (TPSA) is 158 Å². The van der Waals surface area contributed by atoms with Crippen LogP contribution < -0.4 is 5.32 Å². The molecule has 348 valence electrons. The van der Waals surface area contributed by atoms with Gasteiger partial charge in [-0.3, -0.25) is 24.5 Å². The Bertz CT molecular complexity index is 2300. The summed E-state index contributed by atoms with van der Waals surface area (Å²) >= 11 is 10.1. The number of esters is 4. The van der Waals surface area contributed by atoms with E-state index in [1.54, 1.807) is 36.4 Å². The number of rotatable bonds is 11. The SMILES string of the molecule is COC(=O)[C@@H]1C[C@H](C(=O)N2[C@@H](C(=O)OC)C[C@@H](C(=O)N3[C@H](C(=O)OC)C[C@H](C(=O)O[C@@H]4C[C@H](C)CC[C@H]4C(C)C)[C@@H]3c3cccc(F)c3)[C@H]2c2cccc(Cl)c2)[C@H](c2cccc(Br)c2)N1. The van der Waals surface area contributed by atoms with E-state index in [4.69, 9.17) is 30.5 Å². The van der Waals surface area contributed by atoms with Crippen LogP contribution in [0.5, 0.6) is 0 Å². The van der Waals surface area contributed by atoms with Crippen LogP contribution in [0, 0.1) is 41.3 Å². The van der Waals surface area contributed by atoms with Gasteiger partial charge in [0.1, 0.15) is 30.0 Å². The van der Waals surface area contributed by atoms with Crippen molar-refractivity contribution in [3.8, 4) is 0 Å². The molecule has 0 radical (unpaired) electrons. The fourth-order valence-electron chi connectivity index (χ4n) is 10.9. The Morgan fingerprint density at radius 2 is 1.26 bits per heavy atom. The predicted octanol–water partition coefficient (Wildman–Crippen LogP) is 7.70. The van der Waals surface area contributed by atoms with Gasteiger partial charge in [0.15, 0.2) is 0 Å². The molecule has 1 saturated carbocycles. The summed E-state index contributed by atoms with van der Waals surface area (Å²) in [5.74, 6) is -7.39. The van der Waals surface area contributed by atoms with Gasteiger partial charge in [0.05, 0.1) is 51.2 Å². The van der Waals surface area contributed by atoms with Crippen LogP contribution in [0.15, 0.2) is 77.3 Å². The van der Waals surface area contributed by atoms with E-state index in [-0.39, 0.29) is 41.7 Å². The minimum Gasteiger partial charge on any atom is -0.468 e.